The first kappa shape index (κ1) is 14.1. The number of tetrazole rings is 1. The normalized spacial score (nSPS) is 20.0. The largest absolute Gasteiger partial charge is 0.346 e. The molecule has 5 rings (SSSR count). The Hall–Kier alpha value is -2.28. The standard InChI is InChI=1S/C17H21N7/c1-2-14-15(10-19-17(14)18-7-1)12-5-8-23(9-6-12)11-16-20-21-22-24(16)13-3-4-13/h1-2,7,10,12-13H,3-6,8-9,11H2,(H,18,19). The van der Waals surface area contributed by atoms with Crippen LogP contribution >= 0.6 is 0 Å². The maximum absolute atomic E-state index is 4.40. The van der Waals surface area contributed by atoms with Crippen molar-refractivity contribution in [1.82, 2.24) is 35.1 Å². The summed E-state index contributed by atoms with van der Waals surface area (Å²) in [6.07, 6.45) is 8.77. The molecule has 3 aromatic rings. The predicted octanol–water partition coefficient (Wildman–Crippen LogP) is 2.26. The zero-order chi connectivity index (χ0) is 15.9. The minimum atomic E-state index is 0.547. The summed E-state index contributed by atoms with van der Waals surface area (Å²) in [6, 6.07) is 4.74. The number of H-pyrrole nitrogens is 1. The molecule has 1 saturated heterocycles. The third kappa shape index (κ3) is 2.49. The molecule has 0 amide bonds. The summed E-state index contributed by atoms with van der Waals surface area (Å²) in [5, 5.41) is 13.5. The van der Waals surface area contributed by atoms with Gasteiger partial charge in [-0.25, -0.2) is 9.67 Å². The van der Waals surface area contributed by atoms with Gasteiger partial charge in [0, 0.05) is 17.8 Å². The second-order valence-corrected chi connectivity index (χ2v) is 6.96. The monoisotopic (exact) mass is 323 g/mol. The maximum atomic E-state index is 4.40. The van der Waals surface area contributed by atoms with Gasteiger partial charge in [-0.15, -0.1) is 5.10 Å². The third-order valence-corrected chi connectivity index (χ3v) is 5.33. The number of rotatable bonds is 4. The van der Waals surface area contributed by atoms with Crippen molar-refractivity contribution in [1.29, 1.82) is 0 Å². The molecule has 2 aliphatic rings. The zero-order valence-corrected chi connectivity index (χ0v) is 13.6. The van der Waals surface area contributed by atoms with Crippen LogP contribution in [0.3, 0.4) is 0 Å². The highest BCUT2D eigenvalue weighted by molar-refractivity contribution is 5.80. The molecule has 1 saturated carbocycles. The lowest BCUT2D eigenvalue weighted by atomic mass is 9.89. The van der Waals surface area contributed by atoms with Gasteiger partial charge in [0.1, 0.15) is 5.65 Å². The van der Waals surface area contributed by atoms with Crippen LogP contribution in [0.5, 0.6) is 0 Å². The summed E-state index contributed by atoms with van der Waals surface area (Å²) in [4.78, 5) is 10.2. The molecule has 0 unspecified atom stereocenters. The Labute approximate surface area is 140 Å². The third-order valence-electron chi connectivity index (χ3n) is 5.33. The van der Waals surface area contributed by atoms with Gasteiger partial charge in [0.15, 0.2) is 5.82 Å². The summed E-state index contributed by atoms with van der Waals surface area (Å²) in [5.41, 5.74) is 2.42. The summed E-state index contributed by atoms with van der Waals surface area (Å²) in [5.74, 6) is 1.63. The first-order chi connectivity index (χ1) is 11.9. The fourth-order valence-corrected chi connectivity index (χ4v) is 3.84. The molecule has 1 aliphatic carbocycles. The zero-order valence-electron chi connectivity index (χ0n) is 13.6. The highest BCUT2D eigenvalue weighted by Gasteiger charge is 2.29. The SMILES string of the molecule is c1cnc2[nH]cc(C3CCN(Cc4nnnn4C4CC4)CC3)c2c1. The van der Waals surface area contributed by atoms with Crippen LogP contribution in [0.15, 0.2) is 24.5 Å². The molecular weight excluding hydrogens is 302 g/mol. The number of likely N-dealkylation sites (tertiary alicyclic amines) is 1. The molecule has 0 aromatic carbocycles. The number of nitrogens with one attached hydrogen (secondary N) is 1. The minimum absolute atomic E-state index is 0.547. The molecule has 2 fully saturated rings. The highest BCUT2D eigenvalue weighted by Crippen LogP contribution is 2.35. The second-order valence-electron chi connectivity index (χ2n) is 6.96. The quantitative estimate of drug-likeness (QED) is 0.797. The van der Waals surface area contributed by atoms with Crippen molar-refractivity contribution in [2.75, 3.05) is 13.1 Å². The molecular formula is C17H21N7. The number of nitrogens with zero attached hydrogens (tertiary/aromatic N) is 6. The number of pyridine rings is 1. The van der Waals surface area contributed by atoms with Crippen LogP contribution in [0.4, 0.5) is 0 Å². The van der Waals surface area contributed by atoms with Gasteiger partial charge in [-0.1, -0.05) is 0 Å². The Balaban J connectivity index is 1.26. The molecule has 0 atom stereocenters. The summed E-state index contributed by atoms with van der Waals surface area (Å²) in [6.45, 7) is 3.05. The average molecular weight is 323 g/mol. The lowest BCUT2D eigenvalue weighted by Crippen LogP contribution is -2.33. The van der Waals surface area contributed by atoms with E-state index in [1.807, 2.05) is 16.9 Å². The number of hydrogen-bond donors (Lipinski definition) is 1. The molecule has 4 heterocycles. The van der Waals surface area contributed by atoms with E-state index in [9.17, 15) is 0 Å². The van der Waals surface area contributed by atoms with Gasteiger partial charge in [0.05, 0.1) is 12.6 Å². The van der Waals surface area contributed by atoms with Crippen LogP contribution in [0.25, 0.3) is 11.0 Å². The van der Waals surface area contributed by atoms with Crippen LogP contribution in [-0.2, 0) is 6.54 Å². The van der Waals surface area contributed by atoms with E-state index < -0.39 is 0 Å². The highest BCUT2D eigenvalue weighted by atomic mass is 15.6. The molecule has 0 spiro atoms. The maximum Gasteiger partial charge on any atom is 0.165 e. The van der Waals surface area contributed by atoms with Crippen LogP contribution in [0, 0.1) is 0 Å². The van der Waals surface area contributed by atoms with E-state index in [1.165, 1.54) is 36.6 Å². The average Bonchev–Trinajstić information content (AvgIpc) is 3.21. The van der Waals surface area contributed by atoms with Crippen molar-refractivity contribution < 1.29 is 0 Å². The Bertz CT molecular complexity index is 839. The molecule has 0 radical (unpaired) electrons. The first-order valence-corrected chi connectivity index (χ1v) is 8.79. The van der Waals surface area contributed by atoms with Gasteiger partial charge in [-0.05, 0) is 72.8 Å². The Morgan fingerprint density at radius 2 is 2.04 bits per heavy atom. The van der Waals surface area contributed by atoms with E-state index in [-0.39, 0.29) is 0 Å². The van der Waals surface area contributed by atoms with E-state index in [0.717, 1.165) is 31.1 Å². The molecule has 3 aromatic heterocycles. The fourth-order valence-electron chi connectivity index (χ4n) is 3.84. The van der Waals surface area contributed by atoms with Crippen molar-refractivity contribution >= 4 is 11.0 Å². The number of aromatic amines is 1. The number of fused-ring (bicyclic) bond motifs is 1. The van der Waals surface area contributed by atoms with Crippen molar-refractivity contribution in [2.45, 2.75) is 44.2 Å². The Morgan fingerprint density at radius 1 is 1.17 bits per heavy atom. The van der Waals surface area contributed by atoms with Crippen LogP contribution in [0.2, 0.25) is 0 Å². The van der Waals surface area contributed by atoms with E-state index in [2.05, 4.69) is 42.7 Å². The molecule has 7 nitrogen and oxygen atoms in total. The molecule has 0 bridgehead atoms. The van der Waals surface area contributed by atoms with Gasteiger partial charge in [0.2, 0.25) is 0 Å². The lowest BCUT2D eigenvalue weighted by molar-refractivity contribution is 0.197. The summed E-state index contributed by atoms with van der Waals surface area (Å²) in [7, 11) is 0. The molecule has 1 aliphatic heterocycles. The predicted molar refractivity (Wildman–Crippen MR) is 89.4 cm³/mol. The van der Waals surface area contributed by atoms with Crippen LogP contribution in [-0.4, -0.2) is 48.2 Å². The second kappa shape index (κ2) is 5.66. The van der Waals surface area contributed by atoms with Crippen LogP contribution < -0.4 is 0 Å². The Morgan fingerprint density at radius 3 is 2.88 bits per heavy atom. The lowest BCUT2D eigenvalue weighted by Gasteiger charge is -2.31. The van der Waals surface area contributed by atoms with Crippen LogP contribution in [0.1, 0.15) is 49.0 Å². The van der Waals surface area contributed by atoms with Gasteiger partial charge in [-0.2, -0.15) is 0 Å². The van der Waals surface area contributed by atoms with Crippen molar-refractivity contribution in [3.8, 4) is 0 Å². The Kier molecular flexibility index (Phi) is 3.33. The number of piperidine rings is 1. The summed E-state index contributed by atoms with van der Waals surface area (Å²) < 4.78 is 2.03. The van der Waals surface area contributed by atoms with E-state index in [4.69, 9.17) is 0 Å². The fraction of sp³-hybridized carbons (Fsp3) is 0.529. The molecule has 124 valence electrons. The number of aromatic nitrogens is 6. The van der Waals surface area contributed by atoms with Gasteiger partial charge < -0.3 is 4.98 Å². The van der Waals surface area contributed by atoms with E-state index in [0.29, 0.717) is 12.0 Å². The van der Waals surface area contributed by atoms with Gasteiger partial charge in [0.25, 0.3) is 0 Å². The molecule has 1 N–H and O–H groups in total. The minimum Gasteiger partial charge on any atom is -0.346 e. The van der Waals surface area contributed by atoms with Crippen molar-refractivity contribution in [2.24, 2.45) is 0 Å². The van der Waals surface area contributed by atoms with Crippen molar-refractivity contribution in [3.63, 3.8) is 0 Å². The number of hydrogen-bond acceptors (Lipinski definition) is 5. The van der Waals surface area contributed by atoms with E-state index in [1.54, 1.807) is 0 Å². The van der Waals surface area contributed by atoms with Gasteiger partial charge >= 0.3 is 0 Å². The molecule has 24 heavy (non-hydrogen) atoms. The molecule has 7 heteroatoms. The van der Waals surface area contributed by atoms with E-state index >= 15 is 0 Å². The van der Waals surface area contributed by atoms with Gasteiger partial charge in [-0.3, -0.25) is 4.90 Å². The smallest absolute Gasteiger partial charge is 0.165 e. The first-order valence-electron chi connectivity index (χ1n) is 8.79. The van der Waals surface area contributed by atoms with Crippen molar-refractivity contribution in [3.05, 3.63) is 35.9 Å². The topological polar surface area (TPSA) is 75.5 Å². The summed E-state index contributed by atoms with van der Waals surface area (Å²) >= 11 is 0.